The summed E-state index contributed by atoms with van der Waals surface area (Å²) in [7, 11) is 0. The molecule has 9 heteroatoms. The first-order valence-electron chi connectivity index (χ1n) is 8.28. The van der Waals surface area contributed by atoms with Crippen LogP contribution < -0.4 is 15.3 Å². The van der Waals surface area contributed by atoms with Gasteiger partial charge in [-0.1, -0.05) is 12.1 Å². The lowest BCUT2D eigenvalue weighted by Gasteiger charge is -2.13. The average molecular weight is 393 g/mol. The third-order valence-corrected chi connectivity index (χ3v) is 4.51. The minimum atomic E-state index is -1.00. The van der Waals surface area contributed by atoms with E-state index in [1.807, 2.05) is 17.5 Å². The minimum Gasteiger partial charge on any atom is -0.595 e. The summed E-state index contributed by atoms with van der Waals surface area (Å²) in [4.78, 5) is 13.0. The highest BCUT2D eigenvalue weighted by atomic mass is 32.1. The molecule has 0 aliphatic carbocycles. The van der Waals surface area contributed by atoms with Crippen molar-refractivity contribution in [2.75, 3.05) is 5.32 Å². The molecule has 0 bridgehead atoms. The first-order valence-corrected chi connectivity index (χ1v) is 9.16. The summed E-state index contributed by atoms with van der Waals surface area (Å²) in [5, 5.41) is 25.0. The van der Waals surface area contributed by atoms with Gasteiger partial charge in [-0.3, -0.25) is 0 Å². The van der Waals surface area contributed by atoms with E-state index in [0.29, 0.717) is 17.4 Å². The predicted molar refractivity (Wildman–Crippen MR) is 105 cm³/mol. The molecule has 2 aromatic heterocycles. The number of aromatic nitrogens is 3. The number of ether oxygens (including phenoxy) is 1. The highest BCUT2D eigenvalue weighted by Gasteiger charge is 2.07. The Kier molecular flexibility index (Phi) is 5.22. The second kappa shape index (κ2) is 8.11. The molecular weight excluding hydrogens is 378 g/mol. The van der Waals surface area contributed by atoms with Crippen molar-refractivity contribution in [3.05, 3.63) is 77.6 Å². The van der Waals surface area contributed by atoms with Crippen molar-refractivity contribution in [2.24, 2.45) is 0 Å². The molecule has 4 aromatic rings. The van der Waals surface area contributed by atoms with E-state index >= 15 is 0 Å². The summed E-state index contributed by atoms with van der Waals surface area (Å²) in [5.41, 5.74) is 1.65. The van der Waals surface area contributed by atoms with Crippen LogP contribution in [0.4, 0.5) is 17.3 Å². The fraction of sp³-hybridized carbons (Fsp3) is 0. The van der Waals surface area contributed by atoms with Gasteiger partial charge in [0.1, 0.15) is 22.2 Å². The summed E-state index contributed by atoms with van der Waals surface area (Å²) in [5.74, 6) is 1.44. The maximum atomic E-state index is 11.1. The van der Waals surface area contributed by atoms with Crippen LogP contribution in [-0.2, 0) is 0 Å². The summed E-state index contributed by atoms with van der Waals surface area (Å²) in [6.07, 6.45) is 3.40. The van der Waals surface area contributed by atoms with E-state index in [-0.39, 0.29) is 5.69 Å². The number of benzene rings is 2. The predicted octanol–water partition coefficient (Wildman–Crippen LogP) is 3.54. The van der Waals surface area contributed by atoms with Gasteiger partial charge in [0.25, 0.3) is 0 Å². The third kappa shape index (κ3) is 4.30. The topological polar surface area (TPSA) is 108 Å². The van der Waals surface area contributed by atoms with E-state index in [2.05, 4.69) is 20.3 Å². The molecule has 0 aliphatic heterocycles. The second-order valence-corrected chi connectivity index (χ2v) is 6.59. The van der Waals surface area contributed by atoms with Gasteiger partial charge < -0.3 is 15.3 Å². The Hall–Kier alpha value is -3.37. The molecular formula is C19H15N5O3S. The van der Waals surface area contributed by atoms with E-state index < -0.39 is 5.23 Å². The fourth-order valence-corrected chi connectivity index (χ4v) is 3.09. The molecule has 1 unspecified atom stereocenters. The molecule has 0 amide bonds. The van der Waals surface area contributed by atoms with Gasteiger partial charge in [0.15, 0.2) is 5.69 Å². The molecule has 0 aliphatic rings. The molecule has 4 rings (SSSR count). The molecule has 1 atom stereocenters. The van der Waals surface area contributed by atoms with Crippen LogP contribution in [-0.4, -0.2) is 20.2 Å². The molecule has 0 radical (unpaired) electrons. The summed E-state index contributed by atoms with van der Waals surface area (Å²) in [6.45, 7) is 0. The summed E-state index contributed by atoms with van der Waals surface area (Å²) in [6, 6.07) is 15.4. The maximum absolute atomic E-state index is 11.1. The number of hydrogen-bond acceptors (Lipinski definition) is 8. The van der Waals surface area contributed by atoms with Crippen molar-refractivity contribution in [1.82, 2.24) is 15.0 Å². The zero-order chi connectivity index (χ0) is 19.3. The number of thiazole rings is 1. The van der Waals surface area contributed by atoms with Crippen LogP contribution in [0.15, 0.2) is 72.4 Å². The number of hydrogen-bond donors (Lipinski definition) is 3. The first kappa shape index (κ1) is 18.0. The highest BCUT2D eigenvalue weighted by Crippen LogP contribution is 2.27. The van der Waals surface area contributed by atoms with Gasteiger partial charge in [-0.15, -0.1) is 11.3 Å². The quantitative estimate of drug-likeness (QED) is 0.430. The van der Waals surface area contributed by atoms with E-state index in [0.717, 1.165) is 16.4 Å². The first-order chi connectivity index (χ1) is 13.7. The summed E-state index contributed by atoms with van der Waals surface area (Å²) >= 11 is 1.51. The lowest BCUT2D eigenvalue weighted by atomic mass is 10.3. The molecule has 0 fully saturated rings. The van der Waals surface area contributed by atoms with Crippen molar-refractivity contribution in [1.29, 1.82) is 0 Å². The molecule has 2 aromatic carbocycles. The highest BCUT2D eigenvalue weighted by molar-refractivity contribution is 7.13. The smallest absolute Gasteiger partial charge is 0.227 e. The van der Waals surface area contributed by atoms with Crippen LogP contribution in [0, 0.1) is 5.21 Å². The van der Waals surface area contributed by atoms with Crippen molar-refractivity contribution in [3.63, 3.8) is 0 Å². The van der Waals surface area contributed by atoms with Gasteiger partial charge in [-0.05, 0) is 24.3 Å². The molecule has 0 saturated carbocycles. The standard InChI is InChI=1S/C19H15N5O3S/c25-24(26)14-4-2-6-16(12-14)27-15-5-1-3-13(11-15)22-19-21-8-7-17(23-19)18-20-9-10-28-18/h1-12,24-25H,(H,21,22,23). The number of quaternary nitrogens is 1. The fourth-order valence-electron chi connectivity index (χ4n) is 2.48. The normalized spacial score (nSPS) is 11.8. The number of nitrogens with one attached hydrogen (secondary N) is 2. The number of nitrogens with zero attached hydrogens (tertiary/aromatic N) is 3. The van der Waals surface area contributed by atoms with Gasteiger partial charge >= 0.3 is 0 Å². The van der Waals surface area contributed by atoms with E-state index in [1.165, 1.54) is 23.5 Å². The molecule has 3 N–H and O–H groups in total. The lowest BCUT2D eigenvalue weighted by Crippen LogP contribution is -2.99. The minimum absolute atomic E-state index is 0.166. The number of rotatable bonds is 6. The third-order valence-electron chi connectivity index (χ3n) is 3.71. The van der Waals surface area contributed by atoms with Gasteiger partial charge in [-0.25, -0.2) is 20.2 Å². The van der Waals surface area contributed by atoms with E-state index in [4.69, 9.17) is 9.94 Å². The van der Waals surface area contributed by atoms with Crippen LogP contribution in [0.25, 0.3) is 10.7 Å². The van der Waals surface area contributed by atoms with Crippen LogP contribution in [0.1, 0.15) is 0 Å². The van der Waals surface area contributed by atoms with E-state index in [9.17, 15) is 5.21 Å². The molecule has 0 saturated heterocycles. The number of anilines is 2. The summed E-state index contributed by atoms with van der Waals surface area (Å²) < 4.78 is 5.78. The molecule has 0 spiro atoms. The Morgan fingerprint density at radius 1 is 1.00 bits per heavy atom. The van der Waals surface area contributed by atoms with Gasteiger partial charge in [-0.2, -0.15) is 5.23 Å². The second-order valence-electron chi connectivity index (χ2n) is 5.69. The average Bonchev–Trinajstić information content (AvgIpc) is 3.24. The van der Waals surface area contributed by atoms with Crippen LogP contribution >= 0.6 is 11.3 Å². The monoisotopic (exact) mass is 393 g/mol. The zero-order valence-corrected chi connectivity index (χ0v) is 15.3. The Morgan fingerprint density at radius 3 is 2.61 bits per heavy atom. The Balaban J connectivity index is 1.52. The molecule has 8 nitrogen and oxygen atoms in total. The van der Waals surface area contributed by atoms with Crippen LogP contribution in [0.2, 0.25) is 0 Å². The molecule has 140 valence electrons. The van der Waals surface area contributed by atoms with Crippen molar-refractivity contribution in [2.45, 2.75) is 0 Å². The van der Waals surface area contributed by atoms with E-state index in [1.54, 1.807) is 42.7 Å². The van der Waals surface area contributed by atoms with Crippen molar-refractivity contribution < 1.29 is 15.2 Å². The largest absolute Gasteiger partial charge is 0.595 e. The molecule has 2 heterocycles. The lowest BCUT2D eigenvalue weighted by molar-refractivity contribution is -0.991. The van der Waals surface area contributed by atoms with Crippen molar-refractivity contribution in [3.8, 4) is 22.2 Å². The van der Waals surface area contributed by atoms with Crippen LogP contribution in [0.5, 0.6) is 11.5 Å². The Morgan fingerprint density at radius 2 is 1.82 bits per heavy atom. The SMILES string of the molecule is [O-][NH+](O)c1cccc(Oc2cccc(Nc3nccc(-c4nccs4)n3)c2)c1. The Bertz CT molecular complexity index is 1070. The van der Waals surface area contributed by atoms with Gasteiger partial charge in [0.05, 0.1) is 0 Å². The molecule has 28 heavy (non-hydrogen) atoms. The van der Waals surface area contributed by atoms with Crippen LogP contribution in [0.3, 0.4) is 0 Å². The zero-order valence-electron chi connectivity index (χ0n) is 14.4. The van der Waals surface area contributed by atoms with Gasteiger partial charge in [0, 0.05) is 41.7 Å². The van der Waals surface area contributed by atoms with Crippen molar-refractivity contribution >= 4 is 28.7 Å². The maximum Gasteiger partial charge on any atom is 0.227 e. The van der Waals surface area contributed by atoms with Gasteiger partial charge in [0.2, 0.25) is 5.95 Å². The Labute approximate surface area is 164 Å².